The zero-order valence-corrected chi connectivity index (χ0v) is 20.1. The van der Waals surface area contributed by atoms with Gasteiger partial charge in [0.05, 0.1) is 40.9 Å². The van der Waals surface area contributed by atoms with E-state index >= 15 is 0 Å². The van der Waals surface area contributed by atoms with Crippen molar-refractivity contribution in [3.05, 3.63) is 75.6 Å². The van der Waals surface area contributed by atoms with Crippen LogP contribution in [0.4, 0.5) is 8.78 Å². The lowest BCUT2D eigenvalue weighted by atomic mass is 10.0. The van der Waals surface area contributed by atoms with Crippen LogP contribution in [0, 0.1) is 20.8 Å². The highest BCUT2D eigenvalue weighted by molar-refractivity contribution is 6.31. The van der Waals surface area contributed by atoms with Crippen LogP contribution in [-0.4, -0.2) is 43.2 Å². The van der Waals surface area contributed by atoms with Crippen molar-refractivity contribution in [3.8, 4) is 17.1 Å². The molecule has 3 aromatic heterocycles. The Kier molecular flexibility index (Phi) is 7.04. The lowest BCUT2D eigenvalue weighted by molar-refractivity contribution is 0.151. The minimum atomic E-state index is -2.51. The van der Waals surface area contributed by atoms with E-state index in [9.17, 15) is 8.78 Å². The van der Waals surface area contributed by atoms with Crippen LogP contribution in [0.25, 0.3) is 17.1 Å². The Balaban J connectivity index is 1.70. The minimum absolute atomic E-state index is 0.0155. The van der Waals surface area contributed by atoms with Crippen molar-refractivity contribution in [2.24, 2.45) is 0 Å². The van der Waals surface area contributed by atoms with Crippen molar-refractivity contribution < 1.29 is 13.5 Å². The van der Waals surface area contributed by atoms with E-state index in [1.165, 1.54) is 18.5 Å². The number of hydrogen-bond donors (Lipinski definition) is 0. The molecule has 0 atom stereocenters. The highest BCUT2D eigenvalue weighted by Crippen LogP contribution is 2.29. The third-order valence-electron chi connectivity index (χ3n) is 5.74. The van der Waals surface area contributed by atoms with Gasteiger partial charge in [-0.3, -0.25) is 4.68 Å². The predicted molar refractivity (Wildman–Crippen MR) is 126 cm³/mol. The summed E-state index contributed by atoms with van der Waals surface area (Å²) in [5, 5.41) is 9.85. The minimum Gasteiger partial charge on any atom is -0.383 e. The molecule has 0 fully saturated rings. The van der Waals surface area contributed by atoms with E-state index in [4.69, 9.17) is 21.4 Å². The van der Waals surface area contributed by atoms with E-state index in [1.807, 2.05) is 31.5 Å². The van der Waals surface area contributed by atoms with Crippen molar-refractivity contribution in [3.63, 3.8) is 0 Å². The molecular formula is C24H25ClF2N6O. The van der Waals surface area contributed by atoms with Gasteiger partial charge in [-0.1, -0.05) is 35.9 Å². The summed E-state index contributed by atoms with van der Waals surface area (Å²) in [4.78, 5) is 8.82. The molecule has 3 heterocycles. The Morgan fingerprint density at radius 1 is 1.06 bits per heavy atom. The first-order valence-corrected chi connectivity index (χ1v) is 11.1. The monoisotopic (exact) mass is 486 g/mol. The number of benzene rings is 1. The summed E-state index contributed by atoms with van der Waals surface area (Å²) in [6.45, 7) is 6.75. The molecule has 0 aliphatic carbocycles. The summed E-state index contributed by atoms with van der Waals surface area (Å²) in [5.41, 5.74) is 5.74. The molecule has 178 valence electrons. The zero-order chi connectivity index (χ0) is 24.4. The van der Waals surface area contributed by atoms with Crippen LogP contribution in [0.15, 0.2) is 36.7 Å². The largest absolute Gasteiger partial charge is 0.383 e. The number of nitrogens with zero attached hydrogens (tertiary/aromatic N) is 6. The maximum atomic E-state index is 13.0. The Hall–Kier alpha value is -3.17. The summed E-state index contributed by atoms with van der Waals surface area (Å²) in [6, 6.07) is 8.10. The molecule has 0 amide bonds. The van der Waals surface area contributed by atoms with E-state index in [-0.39, 0.29) is 5.56 Å². The van der Waals surface area contributed by atoms with Gasteiger partial charge in [-0.15, -0.1) is 0 Å². The van der Waals surface area contributed by atoms with Gasteiger partial charge >= 0.3 is 0 Å². The van der Waals surface area contributed by atoms with Gasteiger partial charge in [-0.25, -0.2) is 23.4 Å². The number of alkyl halides is 2. The van der Waals surface area contributed by atoms with Crippen LogP contribution in [0.1, 0.15) is 40.3 Å². The van der Waals surface area contributed by atoms with Crippen LogP contribution >= 0.6 is 11.6 Å². The molecule has 1 aromatic carbocycles. The Labute approximate surface area is 201 Å². The topological polar surface area (TPSA) is 70.7 Å². The first-order chi connectivity index (χ1) is 16.3. The molecule has 0 saturated carbocycles. The smallest absolute Gasteiger partial charge is 0.263 e. The van der Waals surface area contributed by atoms with Crippen molar-refractivity contribution in [2.45, 2.75) is 40.2 Å². The highest BCUT2D eigenvalue weighted by atomic mass is 35.5. The molecule has 0 N–H and O–H groups in total. The second-order valence-corrected chi connectivity index (χ2v) is 8.38. The highest BCUT2D eigenvalue weighted by Gasteiger charge is 2.19. The Bertz CT molecular complexity index is 1300. The number of aromatic nitrogens is 6. The molecule has 34 heavy (non-hydrogen) atoms. The van der Waals surface area contributed by atoms with Gasteiger partial charge in [0, 0.05) is 36.4 Å². The van der Waals surface area contributed by atoms with Gasteiger partial charge in [0.2, 0.25) is 0 Å². The van der Waals surface area contributed by atoms with E-state index < -0.39 is 6.43 Å². The fourth-order valence-electron chi connectivity index (χ4n) is 3.85. The fraction of sp³-hybridized carbons (Fsp3) is 0.333. The van der Waals surface area contributed by atoms with E-state index in [1.54, 1.807) is 23.9 Å². The fourth-order valence-corrected chi connectivity index (χ4v) is 3.97. The van der Waals surface area contributed by atoms with Crippen LogP contribution in [0.2, 0.25) is 5.02 Å². The summed E-state index contributed by atoms with van der Waals surface area (Å²) in [7, 11) is 1.64. The van der Waals surface area contributed by atoms with Crippen molar-refractivity contribution >= 4 is 11.6 Å². The second kappa shape index (κ2) is 9.99. The molecule has 0 aliphatic rings. The molecule has 0 spiro atoms. The standard InChI is InChI=1S/C24H25ClF2N6O/c1-14-20(11-19-12-21(29-13-28-19)33-16(3)22(25)15(2)30-33)32(9-10-34-4)31-23(14)17-5-7-18(8-6-17)24(26)27/h5-8,12-13,24H,9-11H2,1-4H3. The summed E-state index contributed by atoms with van der Waals surface area (Å²) in [6.07, 6.45) is -0.501. The normalized spacial score (nSPS) is 11.5. The Morgan fingerprint density at radius 2 is 1.79 bits per heavy atom. The molecule has 10 heteroatoms. The first kappa shape index (κ1) is 24.0. The number of ether oxygens (including phenoxy) is 1. The Morgan fingerprint density at radius 3 is 2.41 bits per heavy atom. The van der Waals surface area contributed by atoms with Gasteiger partial charge in [0.1, 0.15) is 6.33 Å². The molecule has 4 aromatic rings. The average Bonchev–Trinajstić information content (AvgIpc) is 3.28. The van der Waals surface area contributed by atoms with E-state index in [0.717, 1.165) is 39.6 Å². The van der Waals surface area contributed by atoms with E-state index in [2.05, 4.69) is 15.1 Å². The third-order valence-corrected chi connectivity index (χ3v) is 6.29. The lowest BCUT2D eigenvalue weighted by Crippen LogP contribution is -2.11. The van der Waals surface area contributed by atoms with Crippen LogP contribution < -0.4 is 0 Å². The first-order valence-electron chi connectivity index (χ1n) is 10.8. The average molecular weight is 487 g/mol. The molecule has 0 radical (unpaired) electrons. The molecule has 4 rings (SSSR count). The van der Waals surface area contributed by atoms with Crippen molar-refractivity contribution in [1.82, 2.24) is 29.5 Å². The van der Waals surface area contributed by atoms with E-state index in [0.29, 0.717) is 30.4 Å². The zero-order valence-electron chi connectivity index (χ0n) is 19.4. The van der Waals surface area contributed by atoms with Gasteiger partial charge in [0.15, 0.2) is 5.82 Å². The quantitative estimate of drug-likeness (QED) is 0.339. The molecule has 7 nitrogen and oxygen atoms in total. The number of hydrogen-bond acceptors (Lipinski definition) is 5. The van der Waals surface area contributed by atoms with Crippen LogP contribution in [0.3, 0.4) is 0 Å². The van der Waals surface area contributed by atoms with Crippen LogP contribution in [0.5, 0.6) is 0 Å². The number of rotatable bonds is 8. The van der Waals surface area contributed by atoms with Gasteiger partial charge < -0.3 is 4.74 Å². The lowest BCUT2D eigenvalue weighted by Gasteiger charge is -2.09. The predicted octanol–water partition coefficient (Wildman–Crippen LogP) is 5.28. The van der Waals surface area contributed by atoms with Gasteiger partial charge in [-0.2, -0.15) is 10.2 Å². The maximum absolute atomic E-state index is 13.0. The molecule has 0 unspecified atom stereocenters. The third kappa shape index (κ3) is 4.71. The van der Waals surface area contributed by atoms with Crippen LogP contribution in [-0.2, 0) is 17.7 Å². The van der Waals surface area contributed by atoms with Crippen molar-refractivity contribution in [1.29, 1.82) is 0 Å². The summed E-state index contributed by atoms with van der Waals surface area (Å²) < 4.78 is 34.8. The van der Waals surface area contributed by atoms with Gasteiger partial charge in [0.25, 0.3) is 6.43 Å². The molecular weight excluding hydrogens is 462 g/mol. The second-order valence-electron chi connectivity index (χ2n) is 8.00. The summed E-state index contributed by atoms with van der Waals surface area (Å²) in [5.74, 6) is 0.626. The number of aryl methyl sites for hydroxylation is 1. The SMILES string of the molecule is COCCn1nc(-c2ccc(C(F)F)cc2)c(C)c1Cc1cc(-n2nc(C)c(Cl)c2C)ncn1. The number of methoxy groups -OCH3 is 1. The maximum Gasteiger partial charge on any atom is 0.263 e. The molecule has 0 aliphatic heterocycles. The molecule has 0 saturated heterocycles. The van der Waals surface area contributed by atoms with Gasteiger partial charge in [-0.05, 0) is 26.3 Å². The molecule has 0 bridgehead atoms. The van der Waals surface area contributed by atoms with Crippen molar-refractivity contribution in [2.75, 3.05) is 13.7 Å². The summed E-state index contributed by atoms with van der Waals surface area (Å²) >= 11 is 6.30. The number of halogens is 3.